The van der Waals surface area contributed by atoms with E-state index in [1.807, 2.05) is 19.9 Å². The zero-order chi connectivity index (χ0) is 31.2. The topological polar surface area (TPSA) is 133 Å². The molecule has 0 bridgehead atoms. The van der Waals surface area contributed by atoms with Crippen LogP contribution in [0.1, 0.15) is 87.5 Å². The average Bonchev–Trinajstić information content (AvgIpc) is 3.16. The first kappa shape index (κ1) is 30.6. The van der Waals surface area contributed by atoms with Crippen LogP contribution in [0.3, 0.4) is 0 Å². The van der Waals surface area contributed by atoms with Crippen molar-refractivity contribution in [2.24, 2.45) is 39.9 Å². The number of rotatable bonds is 3. The monoisotopic (exact) mass is 584 g/mol. The highest BCUT2D eigenvalue weighted by atomic mass is 16.6. The van der Waals surface area contributed by atoms with Crippen molar-refractivity contribution in [1.82, 2.24) is 0 Å². The number of cyclic esters (lactones) is 1. The Labute approximate surface area is 247 Å². The number of hydrogen-bond donors (Lipinski definition) is 1. The van der Waals surface area contributed by atoms with Gasteiger partial charge in [0.2, 0.25) is 0 Å². The van der Waals surface area contributed by atoms with Gasteiger partial charge in [-0.25, -0.2) is 4.79 Å². The Morgan fingerprint density at radius 2 is 1.67 bits per heavy atom. The maximum Gasteiger partial charge on any atom is 0.334 e. The van der Waals surface area contributed by atoms with E-state index in [4.69, 9.17) is 14.2 Å². The Hall–Kier alpha value is -2.81. The highest BCUT2D eigenvalue weighted by molar-refractivity contribution is 5.98. The summed E-state index contributed by atoms with van der Waals surface area (Å²) in [5.41, 5.74) is -2.43. The molecule has 0 amide bonds. The van der Waals surface area contributed by atoms with Gasteiger partial charge in [0.25, 0.3) is 0 Å². The maximum atomic E-state index is 14.8. The third kappa shape index (κ3) is 4.24. The van der Waals surface area contributed by atoms with Gasteiger partial charge in [0.05, 0.1) is 5.60 Å². The van der Waals surface area contributed by atoms with E-state index in [0.717, 1.165) is 0 Å². The third-order valence-corrected chi connectivity index (χ3v) is 11.8. The number of esters is 3. The van der Waals surface area contributed by atoms with Gasteiger partial charge in [-0.1, -0.05) is 33.8 Å². The van der Waals surface area contributed by atoms with E-state index in [1.165, 1.54) is 13.8 Å². The fourth-order valence-electron chi connectivity index (χ4n) is 9.71. The van der Waals surface area contributed by atoms with Gasteiger partial charge >= 0.3 is 17.9 Å². The highest BCUT2D eigenvalue weighted by Gasteiger charge is 2.74. The van der Waals surface area contributed by atoms with E-state index in [-0.39, 0.29) is 23.4 Å². The SMILES string of the molecule is CC(=O)OC1CC2(C)C(CCC3C4(C)C=CC(=O)C(C)C4C(OC(C)=O)C(=O)C32C)C1=C1CCC(C(C)(C)O)OC1=O. The van der Waals surface area contributed by atoms with Crippen LogP contribution < -0.4 is 0 Å². The van der Waals surface area contributed by atoms with Crippen LogP contribution in [-0.4, -0.2) is 58.5 Å². The van der Waals surface area contributed by atoms with Crippen LogP contribution >= 0.6 is 0 Å². The lowest BCUT2D eigenvalue weighted by molar-refractivity contribution is -0.207. The predicted molar refractivity (Wildman–Crippen MR) is 151 cm³/mol. The number of allylic oxidation sites excluding steroid dienone is 2. The van der Waals surface area contributed by atoms with Gasteiger partial charge in [-0.2, -0.15) is 0 Å². The predicted octanol–water partition coefficient (Wildman–Crippen LogP) is 4.05. The molecule has 9 nitrogen and oxygen atoms in total. The minimum atomic E-state index is -1.20. The Morgan fingerprint density at radius 3 is 2.24 bits per heavy atom. The molecule has 4 fully saturated rings. The van der Waals surface area contributed by atoms with Gasteiger partial charge in [-0.3, -0.25) is 19.2 Å². The summed E-state index contributed by atoms with van der Waals surface area (Å²) in [6.07, 6.45) is 3.44. The smallest absolute Gasteiger partial charge is 0.334 e. The molecule has 0 spiro atoms. The number of Topliss-reactive ketones (excluding diaryl/α,β-unsaturated/α-hetero) is 1. The maximum absolute atomic E-state index is 14.8. The minimum Gasteiger partial charge on any atom is -0.458 e. The summed E-state index contributed by atoms with van der Waals surface area (Å²) in [5, 5.41) is 10.5. The molecule has 0 aromatic heterocycles. The number of aliphatic hydroxyl groups is 1. The molecule has 0 aromatic rings. The first-order chi connectivity index (χ1) is 19.4. The molecule has 0 radical (unpaired) electrons. The molecule has 1 saturated heterocycles. The van der Waals surface area contributed by atoms with E-state index in [1.54, 1.807) is 26.8 Å². The molecule has 9 heteroatoms. The van der Waals surface area contributed by atoms with Crippen molar-refractivity contribution in [3.8, 4) is 0 Å². The molecular formula is C33H44O9. The summed E-state index contributed by atoms with van der Waals surface area (Å²) in [5.74, 6) is -3.34. The quantitative estimate of drug-likeness (QED) is 0.296. The minimum absolute atomic E-state index is 0.0890. The second-order valence-corrected chi connectivity index (χ2v) is 14.4. The van der Waals surface area contributed by atoms with Gasteiger partial charge in [-0.05, 0) is 80.3 Å². The van der Waals surface area contributed by atoms with Crippen LogP contribution in [0.15, 0.2) is 23.3 Å². The molecule has 4 aliphatic carbocycles. The largest absolute Gasteiger partial charge is 0.458 e. The lowest BCUT2D eigenvalue weighted by Gasteiger charge is -2.66. The molecule has 230 valence electrons. The zero-order valence-electron chi connectivity index (χ0n) is 25.9. The van der Waals surface area contributed by atoms with E-state index in [0.29, 0.717) is 43.3 Å². The first-order valence-electron chi connectivity index (χ1n) is 15.2. The second-order valence-electron chi connectivity index (χ2n) is 14.4. The lowest BCUT2D eigenvalue weighted by Crippen LogP contribution is -2.69. The molecule has 42 heavy (non-hydrogen) atoms. The van der Waals surface area contributed by atoms with Gasteiger partial charge in [0.1, 0.15) is 12.2 Å². The number of carbonyl (C=O) groups excluding carboxylic acids is 5. The van der Waals surface area contributed by atoms with Gasteiger partial charge in [0, 0.05) is 36.7 Å². The zero-order valence-corrected chi connectivity index (χ0v) is 25.9. The number of ether oxygens (including phenoxy) is 3. The third-order valence-electron chi connectivity index (χ3n) is 11.8. The van der Waals surface area contributed by atoms with Gasteiger partial charge < -0.3 is 19.3 Å². The number of ketones is 2. The summed E-state index contributed by atoms with van der Waals surface area (Å²) in [6, 6.07) is 0. The molecule has 10 unspecified atom stereocenters. The Kier molecular flexibility index (Phi) is 7.19. The van der Waals surface area contributed by atoms with Crippen LogP contribution in [0.25, 0.3) is 0 Å². The average molecular weight is 585 g/mol. The number of hydrogen-bond acceptors (Lipinski definition) is 9. The van der Waals surface area contributed by atoms with Crippen LogP contribution in [0.5, 0.6) is 0 Å². The Morgan fingerprint density at radius 1 is 1.02 bits per heavy atom. The summed E-state index contributed by atoms with van der Waals surface area (Å²) in [4.78, 5) is 65.8. The van der Waals surface area contributed by atoms with E-state index < -0.39 is 69.9 Å². The summed E-state index contributed by atoms with van der Waals surface area (Å²) >= 11 is 0. The molecular weight excluding hydrogens is 540 g/mol. The van der Waals surface area contributed by atoms with Crippen molar-refractivity contribution in [2.45, 2.75) is 111 Å². The molecule has 1 aliphatic heterocycles. The van der Waals surface area contributed by atoms with E-state index in [9.17, 15) is 29.1 Å². The normalized spacial score (nSPS) is 45.0. The standard InChI is InChI=1S/C33H44O9/c1-16-21(36)13-14-31(6)23-11-10-20-25(19-9-12-24(30(4,5)39)42-29(19)38)22(40-17(2)34)15-32(20,7)33(23,8)28(37)27(26(16)31)41-18(3)35/h13-14,16,20,22-24,26-27,39H,9-12,15H2,1-8H3. The summed E-state index contributed by atoms with van der Waals surface area (Å²) in [6.45, 7) is 13.7. The Bertz CT molecular complexity index is 1300. The Balaban J connectivity index is 1.66. The van der Waals surface area contributed by atoms with Crippen LogP contribution in [-0.2, 0) is 38.2 Å². The fourth-order valence-corrected chi connectivity index (χ4v) is 9.71. The van der Waals surface area contributed by atoms with Crippen molar-refractivity contribution in [2.75, 3.05) is 0 Å². The fraction of sp³-hybridized carbons (Fsp3) is 0.727. The van der Waals surface area contributed by atoms with Crippen molar-refractivity contribution in [1.29, 1.82) is 0 Å². The van der Waals surface area contributed by atoms with Crippen molar-refractivity contribution >= 4 is 29.5 Å². The molecule has 10 atom stereocenters. The molecule has 1 N–H and O–H groups in total. The van der Waals surface area contributed by atoms with Crippen molar-refractivity contribution in [3.05, 3.63) is 23.3 Å². The van der Waals surface area contributed by atoms with Crippen LogP contribution in [0.4, 0.5) is 0 Å². The van der Waals surface area contributed by atoms with E-state index >= 15 is 0 Å². The van der Waals surface area contributed by atoms with Crippen LogP contribution in [0, 0.1) is 39.9 Å². The highest BCUT2D eigenvalue weighted by Crippen LogP contribution is 2.73. The van der Waals surface area contributed by atoms with Crippen LogP contribution in [0.2, 0.25) is 0 Å². The molecule has 5 rings (SSSR count). The summed E-state index contributed by atoms with van der Waals surface area (Å²) in [7, 11) is 0. The second kappa shape index (κ2) is 9.86. The molecule has 0 aromatic carbocycles. The molecule has 3 saturated carbocycles. The number of carbonyl (C=O) groups is 5. The molecule has 5 aliphatic rings. The van der Waals surface area contributed by atoms with Crippen molar-refractivity contribution < 1.29 is 43.3 Å². The molecule has 1 heterocycles. The number of fused-ring (bicyclic) bond motifs is 5. The van der Waals surface area contributed by atoms with Crippen molar-refractivity contribution in [3.63, 3.8) is 0 Å². The lowest BCUT2D eigenvalue weighted by atomic mass is 9.37. The van der Waals surface area contributed by atoms with E-state index in [2.05, 4.69) is 6.92 Å². The van der Waals surface area contributed by atoms with Gasteiger partial charge in [-0.15, -0.1) is 0 Å². The first-order valence-corrected chi connectivity index (χ1v) is 15.2. The van der Waals surface area contributed by atoms with Gasteiger partial charge in [0.15, 0.2) is 17.7 Å². The summed E-state index contributed by atoms with van der Waals surface area (Å²) < 4.78 is 17.4.